The lowest BCUT2D eigenvalue weighted by Gasteiger charge is -2.30. The van der Waals surface area contributed by atoms with Gasteiger partial charge in [-0.15, -0.1) is 0 Å². The largest absolute Gasteiger partial charge is 0.497 e. The molecule has 6 nitrogen and oxygen atoms in total. The Hall–Kier alpha value is -3.02. The third-order valence-corrected chi connectivity index (χ3v) is 5.42. The Bertz CT molecular complexity index is 880. The Morgan fingerprint density at radius 1 is 1.06 bits per heavy atom. The van der Waals surface area contributed by atoms with Crippen LogP contribution in [0.15, 0.2) is 42.5 Å². The van der Waals surface area contributed by atoms with Crippen molar-refractivity contribution in [2.24, 2.45) is 0 Å². The second kappa shape index (κ2) is 12.7. The van der Waals surface area contributed by atoms with Crippen molar-refractivity contribution in [3.8, 4) is 11.5 Å². The number of hydrogen-bond donors (Lipinski definition) is 1. The smallest absolute Gasteiger partial charge is 0.261 e. The third kappa shape index (κ3) is 7.29. The monoisotopic (exact) mass is 440 g/mol. The summed E-state index contributed by atoms with van der Waals surface area (Å²) in [5.74, 6) is 1.08. The molecule has 0 aliphatic heterocycles. The average molecular weight is 441 g/mol. The van der Waals surface area contributed by atoms with Crippen LogP contribution in [-0.4, -0.2) is 43.0 Å². The fraction of sp³-hybridized carbons (Fsp3) is 0.462. The lowest BCUT2D eigenvalue weighted by atomic mass is 10.1. The van der Waals surface area contributed by atoms with E-state index in [1.807, 2.05) is 63.2 Å². The molecule has 2 aromatic carbocycles. The molecular weight excluding hydrogens is 404 g/mol. The highest BCUT2D eigenvalue weighted by molar-refractivity contribution is 5.88. The van der Waals surface area contributed by atoms with Gasteiger partial charge in [-0.3, -0.25) is 9.59 Å². The van der Waals surface area contributed by atoms with Gasteiger partial charge in [-0.25, -0.2) is 0 Å². The molecule has 0 aromatic heterocycles. The molecule has 1 N–H and O–H groups in total. The molecule has 0 aliphatic carbocycles. The molecule has 2 aromatic rings. The Morgan fingerprint density at radius 3 is 2.41 bits per heavy atom. The lowest BCUT2D eigenvalue weighted by molar-refractivity contribution is -0.143. The van der Waals surface area contributed by atoms with Crippen molar-refractivity contribution in [3.05, 3.63) is 59.2 Å². The third-order valence-electron chi connectivity index (χ3n) is 5.42. The molecule has 1 atom stereocenters. The Balaban J connectivity index is 2.20. The van der Waals surface area contributed by atoms with Gasteiger partial charge in [0.25, 0.3) is 5.91 Å². The molecule has 0 saturated heterocycles. The first-order chi connectivity index (χ1) is 15.4. The van der Waals surface area contributed by atoms with Crippen LogP contribution in [0.3, 0.4) is 0 Å². The van der Waals surface area contributed by atoms with Crippen LogP contribution in [0.4, 0.5) is 0 Å². The number of hydrogen-bond acceptors (Lipinski definition) is 4. The minimum Gasteiger partial charge on any atom is -0.497 e. The molecule has 0 aliphatic rings. The van der Waals surface area contributed by atoms with Crippen LogP contribution in [0.5, 0.6) is 11.5 Å². The van der Waals surface area contributed by atoms with E-state index in [9.17, 15) is 9.59 Å². The first-order valence-electron chi connectivity index (χ1n) is 11.3. The fourth-order valence-corrected chi connectivity index (χ4v) is 3.44. The summed E-state index contributed by atoms with van der Waals surface area (Å²) in [5, 5.41) is 2.97. The van der Waals surface area contributed by atoms with Crippen LogP contribution in [0.1, 0.15) is 49.8 Å². The van der Waals surface area contributed by atoms with E-state index in [1.54, 1.807) is 12.0 Å². The van der Waals surface area contributed by atoms with E-state index in [0.29, 0.717) is 25.3 Å². The van der Waals surface area contributed by atoms with Crippen LogP contribution in [-0.2, 0) is 16.1 Å². The van der Waals surface area contributed by atoms with E-state index in [-0.39, 0.29) is 18.4 Å². The molecule has 0 bridgehead atoms. The van der Waals surface area contributed by atoms with E-state index in [0.717, 1.165) is 35.3 Å². The number of amides is 2. The summed E-state index contributed by atoms with van der Waals surface area (Å²) in [6, 6.07) is 12.9. The van der Waals surface area contributed by atoms with Crippen molar-refractivity contribution in [2.45, 2.75) is 59.5 Å². The zero-order valence-electron chi connectivity index (χ0n) is 19.9. The Morgan fingerprint density at radius 2 is 1.78 bits per heavy atom. The zero-order valence-corrected chi connectivity index (χ0v) is 19.9. The topological polar surface area (TPSA) is 67.9 Å². The molecule has 0 radical (unpaired) electrons. The maximum Gasteiger partial charge on any atom is 0.261 e. The molecule has 32 heavy (non-hydrogen) atoms. The van der Waals surface area contributed by atoms with Gasteiger partial charge in [0, 0.05) is 13.1 Å². The Labute approximate surface area is 191 Å². The summed E-state index contributed by atoms with van der Waals surface area (Å²) in [7, 11) is 1.61. The zero-order chi connectivity index (χ0) is 23.5. The summed E-state index contributed by atoms with van der Waals surface area (Å²) >= 11 is 0. The van der Waals surface area contributed by atoms with Crippen molar-refractivity contribution in [1.29, 1.82) is 0 Å². The predicted octanol–water partition coefficient (Wildman–Crippen LogP) is 4.41. The summed E-state index contributed by atoms with van der Waals surface area (Å²) in [6.45, 7) is 8.73. The van der Waals surface area contributed by atoms with Crippen LogP contribution in [0, 0.1) is 13.8 Å². The maximum absolute atomic E-state index is 13.3. The van der Waals surface area contributed by atoms with Gasteiger partial charge in [0.15, 0.2) is 6.61 Å². The number of nitrogens with one attached hydrogen (secondary N) is 1. The number of aryl methyl sites for hydroxylation is 2. The normalized spacial score (nSPS) is 11.5. The number of carbonyl (C=O) groups is 2. The van der Waals surface area contributed by atoms with Crippen LogP contribution in [0.2, 0.25) is 0 Å². The molecule has 0 unspecified atom stereocenters. The summed E-state index contributed by atoms with van der Waals surface area (Å²) < 4.78 is 11.1. The van der Waals surface area contributed by atoms with Crippen molar-refractivity contribution in [3.63, 3.8) is 0 Å². The number of ether oxygens (including phenoxy) is 2. The molecule has 6 heteroatoms. The van der Waals surface area contributed by atoms with Crippen molar-refractivity contribution in [1.82, 2.24) is 10.2 Å². The fourth-order valence-electron chi connectivity index (χ4n) is 3.44. The predicted molar refractivity (Wildman–Crippen MR) is 127 cm³/mol. The highest BCUT2D eigenvalue weighted by atomic mass is 16.5. The van der Waals surface area contributed by atoms with E-state index in [2.05, 4.69) is 12.2 Å². The summed E-state index contributed by atoms with van der Waals surface area (Å²) in [6.07, 6.45) is 2.42. The van der Waals surface area contributed by atoms with Gasteiger partial charge in [0.1, 0.15) is 17.5 Å². The van der Waals surface area contributed by atoms with E-state index >= 15 is 0 Å². The molecule has 0 fully saturated rings. The molecule has 2 rings (SSSR count). The minimum absolute atomic E-state index is 0.126. The molecule has 0 heterocycles. The van der Waals surface area contributed by atoms with Crippen LogP contribution in [0.25, 0.3) is 0 Å². The van der Waals surface area contributed by atoms with Gasteiger partial charge < -0.3 is 19.7 Å². The highest BCUT2D eigenvalue weighted by Gasteiger charge is 2.29. The number of rotatable bonds is 12. The molecule has 174 valence electrons. The maximum atomic E-state index is 13.3. The molecule has 2 amide bonds. The molecule has 0 saturated carbocycles. The van der Waals surface area contributed by atoms with E-state index in [1.165, 1.54) is 0 Å². The first kappa shape index (κ1) is 25.2. The first-order valence-corrected chi connectivity index (χ1v) is 11.3. The van der Waals surface area contributed by atoms with Crippen molar-refractivity contribution < 1.29 is 19.1 Å². The second-order valence-corrected chi connectivity index (χ2v) is 8.00. The average Bonchev–Trinajstić information content (AvgIpc) is 2.80. The van der Waals surface area contributed by atoms with Crippen molar-refractivity contribution in [2.75, 3.05) is 20.3 Å². The quantitative estimate of drug-likeness (QED) is 0.496. The van der Waals surface area contributed by atoms with Crippen molar-refractivity contribution >= 4 is 11.8 Å². The SMILES string of the molecule is CCCCNC(=O)[C@@H](CC)N(Cc1ccc(OC)cc1)C(=O)COc1cc(C)ccc1C. The van der Waals surface area contributed by atoms with E-state index < -0.39 is 6.04 Å². The van der Waals surface area contributed by atoms with Gasteiger partial charge in [-0.1, -0.05) is 44.5 Å². The lowest BCUT2D eigenvalue weighted by Crippen LogP contribution is -2.50. The number of nitrogens with zero attached hydrogens (tertiary/aromatic N) is 1. The van der Waals surface area contributed by atoms with Gasteiger partial charge in [-0.2, -0.15) is 0 Å². The number of unbranched alkanes of at least 4 members (excludes halogenated alkanes) is 1. The number of methoxy groups -OCH3 is 1. The van der Waals surface area contributed by atoms with Gasteiger partial charge >= 0.3 is 0 Å². The molecule has 0 spiro atoms. The number of carbonyl (C=O) groups excluding carboxylic acids is 2. The number of benzene rings is 2. The van der Waals surface area contributed by atoms with Crippen LogP contribution >= 0.6 is 0 Å². The standard InChI is InChI=1S/C26H36N2O4/c1-6-8-15-27-26(30)23(7-2)28(17-21-11-13-22(31-5)14-12-21)25(29)18-32-24-16-19(3)9-10-20(24)4/h9-14,16,23H,6-8,15,17-18H2,1-5H3,(H,27,30)/t23-/m1/s1. The molecular formula is C26H36N2O4. The van der Waals surface area contributed by atoms with Gasteiger partial charge in [0.05, 0.1) is 7.11 Å². The Kier molecular flexibility index (Phi) is 10.1. The minimum atomic E-state index is -0.566. The van der Waals surface area contributed by atoms with Gasteiger partial charge in [-0.05, 0) is 61.6 Å². The summed E-state index contributed by atoms with van der Waals surface area (Å²) in [5.41, 5.74) is 2.95. The summed E-state index contributed by atoms with van der Waals surface area (Å²) in [4.78, 5) is 27.8. The second-order valence-electron chi connectivity index (χ2n) is 8.00. The van der Waals surface area contributed by atoms with E-state index in [4.69, 9.17) is 9.47 Å². The van der Waals surface area contributed by atoms with Gasteiger partial charge in [0.2, 0.25) is 5.91 Å². The van der Waals surface area contributed by atoms with Crippen LogP contribution < -0.4 is 14.8 Å². The highest BCUT2D eigenvalue weighted by Crippen LogP contribution is 2.20.